The van der Waals surface area contributed by atoms with E-state index in [9.17, 15) is 0 Å². The Balaban J connectivity index is 2.29. The lowest BCUT2D eigenvalue weighted by Crippen LogP contribution is -2.07. The van der Waals surface area contributed by atoms with Crippen molar-refractivity contribution in [3.05, 3.63) is 30.3 Å². The molecule has 1 aromatic carbocycles. The summed E-state index contributed by atoms with van der Waals surface area (Å²) in [5.41, 5.74) is 7.68. The van der Waals surface area contributed by atoms with Crippen molar-refractivity contribution in [1.29, 1.82) is 0 Å². The van der Waals surface area contributed by atoms with E-state index in [0.717, 1.165) is 11.3 Å². The summed E-state index contributed by atoms with van der Waals surface area (Å²) in [6.07, 6.45) is 2.04. The molecule has 17 heavy (non-hydrogen) atoms. The number of aliphatic hydroxyl groups is 1. The lowest BCUT2D eigenvalue weighted by Gasteiger charge is -2.00. The van der Waals surface area contributed by atoms with Gasteiger partial charge in [0.1, 0.15) is 5.82 Å². The van der Waals surface area contributed by atoms with Crippen molar-refractivity contribution in [2.45, 2.75) is 11.4 Å². The van der Waals surface area contributed by atoms with Gasteiger partial charge in [-0.25, -0.2) is 4.68 Å². The predicted octanol–water partition coefficient (Wildman–Crippen LogP) is 1.85. The first-order chi connectivity index (χ1) is 8.24. The third-order valence-corrected chi connectivity index (χ3v) is 3.25. The zero-order valence-electron chi connectivity index (χ0n) is 9.63. The van der Waals surface area contributed by atoms with E-state index in [4.69, 9.17) is 10.8 Å². The minimum Gasteiger partial charge on any atom is -0.394 e. The molecular formula is C12H15N3OS. The topological polar surface area (TPSA) is 64.1 Å². The molecule has 0 aliphatic heterocycles. The molecule has 0 saturated carbocycles. The van der Waals surface area contributed by atoms with E-state index in [1.807, 2.05) is 24.5 Å². The Morgan fingerprint density at radius 3 is 2.65 bits per heavy atom. The highest BCUT2D eigenvalue weighted by Gasteiger charge is 2.06. The molecule has 0 atom stereocenters. The minimum atomic E-state index is 0.0384. The van der Waals surface area contributed by atoms with Gasteiger partial charge in [0.05, 0.1) is 18.8 Å². The number of thioether (sulfide) groups is 1. The molecule has 0 saturated heterocycles. The van der Waals surface area contributed by atoms with Gasteiger partial charge in [0.15, 0.2) is 0 Å². The highest BCUT2D eigenvalue weighted by molar-refractivity contribution is 7.98. The lowest BCUT2D eigenvalue weighted by molar-refractivity contribution is 0.270. The van der Waals surface area contributed by atoms with E-state index < -0.39 is 0 Å². The maximum absolute atomic E-state index is 8.87. The first kappa shape index (κ1) is 12.0. The van der Waals surface area contributed by atoms with E-state index in [0.29, 0.717) is 12.4 Å². The summed E-state index contributed by atoms with van der Waals surface area (Å²) in [6.45, 7) is 0.464. The van der Waals surface area contributed by atoms with Crippen LogP contribution in [0.5, 0.6) is 0 Å². The largest absolute Gasteiger partial charge is 0.394 e. The number of nitrogen functional groups attached to an aromatic ring is 1. The first-order valence-corrected chi connectivity index (χ1v) is 6.55. The summed E-state index contributed by atoms with van der Waals surface area (Å²) in [4.78, 5) is 1.22. The molecule has 0 bridgehead atoms. The third-order valence-electron chi connectivity index (χ3n) is 2.51. The quantitative estimate of drug-likeness (QED) is 0.812. The van der Waals surface area contributed by atoms with E-state index in [1.165, 1.54) is 4.90 Å². The second-order valence-electron chi connectivity index (χ2n) is 3.63. The lowest BCUT2D eigenvalue weighted by atomic mass is 10.1. The molecule has 90 valence electrons. The molecule has 1 aromatic heterocycles. The molecule has 2 aromatic rings. The predicted molar refractivity (Wildman–Crippen MR) is 70.9 cm³/mol. The van der Waals surface area contributed by atoms with Crippen LogP contribution in [0.2, 0.25) is 0 Å². The van der Waals surface area contributed by atoms with E-state index in [-0.39, 0.29) is 6.61 Å². The van der Waals surface area contributed by atoms with Crippen LogP contribution in [0.4, 0.5) is 5.82 Å². The third kappa shape index (κ3) is 2.62. The molecule has 0 radical (unpaired) electrons. The van der Waals surface area contributed by atoms with Crippen molar-refractivity contribution in [3.8, 4) is 11.3 Å². The molecule has 1 heterocycles. The summed E-state index contributed by atoms with van der Waals surface area (Å²) < 4.78 is 1.61. The van der Waals surface area contributed by atoms with Crippen molar-refractivity contribution in [1.82, 2.24) is 9.78 Å². The molecule has 0 amide bonds. The average molecular weight is 249 g/mol. The van der Waals surface area contributed by atoms with Gasteiger partial charge < -0.3 is 10.8 Å². The van der Waals surface area contributed by atoms with Gasteiger partial charge >= 0.3 is 0 Å². The number of rotatable bonds is 4. The fraction of sp³-hybridized carbons (Fsp3) is 0.250. The maximum Gasteiger partial charge on any atom is 0.122 e. The number of nitrogens with two attached hydrogens (primary N) is 1. The van der Waals surface area contributed by atoms with E-state index in [2.05, 4.69) is 17.2 Å². The minimum absolute atomic E-state index is 0.0384. The number of hydrogen-bond donors (Lipinski definition) is 2. The first-order valence-electron chi connectivity index (χ1n) is 5.33. The second kappa shape index (κ2) is 5.25. The summed E-state index contributed by atoms with van der Waals surface area (Å²) in [6, 6.07) is 9.99. The summed E-state index contributed by atoms with van der Waals surface area (Å²) in [5, 5.41) is 13.2. The average Bonchev–Trinajstić information content (AvgIpc) is 2.72. The smallest absolute Gasteiger partial charge is 0.122 e. The highest BCUT2D eigenvalue weighted by atomic mass is 32.2. The van der Waals surface area contributed by atoms with Gasteiger partial charge in [-0.3, -0.25) is 0 Å². The monoisotopic (exact) mass is 249 g/mol. The molecule has 0 unspecified atom stereocenters. The van der Waals surface area contributed by atoms with E-state index >= 15 is 0 Å². The van der Waals surface area contributed by atoms with Crippen LogP contribution in [-0.4, -0.2) is 27.7 Å². The van der Waals surface area contributed by atoms with Gasteiger partial charge in [-0.15, -0.1) is 11.8 Å². The second-order valence-corrected chi connectivity index (χ2v) is 4.51. The molecule has 0 spiro atoms. The molecule has 5 heteroatoms. The number of benzene rings is 1. The van der Waals surface area contributed by atoms with Gasteiger partial charge in [-0.05, 0) is 18.4 Å². The van der Waals surface area contributed by atoms with Gasteiger partial charge in [0.25, 0.3) is 0 Å². The Kier molecular flexibility index (Phi) is 3.71. The van der Waals surface area contributed by atoms with Crippen molar-refractivity contribution in [2.24, 2.45) is 0 Å². The maximum atomic E-state index is 8.87. The molecule has 0 aliphatic rings. The van der Waals surface area contributed by atoms with Crippen LogP contribution in [0.15, 0.2) is 35.2 Å². The van der Waals surface area contributed by atoms with Gasteiger partial charge in [-0.1, -0.05) is 12.1 Å². The van der Waals surface area contributed by atoms with Crippen LogP contribution in [0.1, 0.15) is 0 Å². The van der Waals surface area contributed by atoms with Crippen molar-refractivity contribution < 1.29 is 5.11 Å². The van der Waals surface area contributed by atoms with Crippen LogP contribution in [0, 0.1) is 0 Å². The van der Waals surface area contributed by atoms with Gasteiger partial charge in [0, 0.05) is 16.5 Å². The zero-order chi connectivity index (χ0) is 12.3. The zero-order valence-corrected chi connectivity index (χ0v) is 10.4. The molecular weight excluding hydrogens is 234 g/mol. The van der Waals surface area contributed by atoms with Crippen molar-refractivity contribution in [3.63, 3.8) is 0 Å². The molecule has 2 rings (SSSR count). The van der Waals surface area contributed by atoms with Crippen LogP contribution < -0.4 is 5.73 Å². The molecule has 0 fully saturated rings. The normalized spacial score (nSPS) is 10.7. The van der Waals surface area contributed by atoms with Gasteiger partial charge in [-0.2, -0.15) is 5.10 Å². The number of hydrogen-bond acceptors (Lipinski definition) is 4. The fourth-order valence-electron chi connectivity index (χ4n) is 1.61. The Bertz CT molecular complexity index is 493. The molecule has 0 aliphatic carbocycles. The number of aromatic nitrogens is 2. The molecule has 4 nitrogen and oxygen atoms in total. The number of aliphatic hydroxyl groups excluding tert-OH is 1. The van der Waals surface area contributed by atoms with Crippen molar-refractivity contribution >= 4 is 17.6 Å². The highest BCUT2D eigenvalue weighted by Crippen LogP contribution is 2.23. The SMILES string of the molecule is CSc1ccc(-c2cc(N)n(CCO)n2)cc1. The molecule has 3 N–H and O–H groups in total. The van der Waals surface area contributed by atoms with Crippen LogP contribution in [-0.2, 0) is 6.54 Å². The standard InChI is InChI=1S/C12H15N3OS/c1-17-10-4-2-9(3-5-10)11-8-12(13)15(14-11)6-7-16/h2-5,8,16H,6-7,13H2,1H3. The Morgan fingerprint density at radius 1 is 1.35 bits per heavy atom. The summed E-state index contributed by atoms with van der Waals surface area (Å²) in [7, 11) is 0. The van der Waals surface area contributed by atoms with Crippen LogP contribution in [0.3, 0.4) is 0 Å². The van der Waals surface area contributed by atoms with Crippen LogP contribution in [0.25, 0.3) is 11.3 Å². The Labute approximate surface area is 104 Å². The summed E-state index contributed by atoms with van der Waals surface area (Å²) >= 11 is 1.71. The summed E-state index contributed by atoms with van der Waals surface area (Å²) in [5.74, 6) is 0.572. The van der Waals surface area contributed by atoms with Crippen molar-refractivity contribution in [2.75, 3.05) is 18.6 Å². The number of nitrogens with zero attached hydrogens (tertiary/aromatic N) is 2. The fourth-order valence-corrected chi connectivity index (χ4v) is 2.02. The Hall–Kier alpha value is -1.46. The van der Waals surface area contributed by atoms with E-state index in [1.54, 1.807) is 16.4 Å². The Morgan fingerprint density at radius 2 is 2.06 bits per heavy atom. The van der Waals surface area contributed by atoms with Crippen LogP contribution >= 0.6 is 11.8 Å². The number of anilines is 1. The van der Waals surface area contributed by atoms with Gasteiger partial charge in [0.2, 0.25) is 0 Å².